The van der Waals surface area contributed by atoms with E-state index in [1.54, 1.807) is 0 Å². The van der Waals surface area contributed by atoms with Crippen molar-refractivity contribution in [2.45, 2.75) is 18.7 Å². The van der Waals surface area contributed by atoms with Crippen LogP contribution in [0, 0.1) is 0 Å². The molecule has 4 heteroatoms. The van der Waals surface area contributed by atoms with Crippen LogP contribution in [0.15, 0.2) is 30.3 Å². The third kappa shape index (κ3) is 3.51. The van der Waals surface area contributed by atoms with Gasteiger partial charge in [-0.25, -0.2) is 0 Å². The number of aliphatic hydroxyl groups excluding tert-OH is 1. The number of nitrogens with two attached hydrogens (primary N) is 1. The Bertz CT molecular complexity index is 325. The SMILES string of the molecule is NC(CC(O)c1ccccc1)N1CCOCC1. The molecule has 94 valence electrons. The van der Waals surface area contributed by atoms with Crippen LogP contribution in [0.3, 0.4) is 0 Å². The van der Waals surface area contributed by atoms with Crippen LogP contribution in [0.1, 0.15) is 18.1 Å². The van der Waals surface area contributed by atoms with Crippen LogP contribution in [0.4, 0.5) is 0 Å². The molecule has 1 heterocycles. The van der Waals surface area contributed by atoms with Gasteiger partial charge in [0.25, 0.3) is 0 Å². The zero-order chi connectivity index (χ0) is 12.1. The van der Waals surface area contributed by atoms with E-state index >= 15 is 0 Å². The van der Waals surface area contributed by atoms with E-state index in [0.29, 0.717) is 6.42 Å². The molecule has 0 radical (unpaired) electrons. The molecule has 0 spiro atoms. The monoisotopic (exact) mass is 236 g/mol. The lowest BCUT2D eigenvalue weighted by Crippen LogP contribution is -2.48. The van der Waals surface area contributed by atoms with Gasteiger partial charge in [-0.3, -0.25) is 4.90 Å². The molecule has 17 heavy (non-hydrogen) atoms. The smallest absolute Gasteiger partial charge is 0.0817 e. The van der Waals surface area contributed by atoms with Crippen LogP contribution in [-0.2, 0) is 4.74 Å². The first-order chi connectivity index (χ1) is 8.27. The molecule has 0 saturated carbocycles. The molecule has 0 aromatic heterocycles. The summed E-state index contributed by atoms with van der Waals surface area (Å²) in [5.41, 5.74) is 7.02. The molecule has 1 aliphatic rings. The third-order valence-electron chi connectivity index (χ3n) is 3.16. The number of aliphatic hydroxyl groups is 1. The molecule has 1 aliphatic heterocycles. The maximum absolute atomic E-state index is 10.1. The van der Waals surface area contributed by atoms with Crippen molar-refractivity contribution in [3.63, 3.8) is 0 Å². The molecule has 3 N–H and O–H groups in total. The van der Waals surface area contributed by atoms with Crippen molar-refractivity contribution in [2.24, 2.45) is 5.73 Å². The van der Waals surface area contributed by atoms with Gasteiger partial charge in [0.15, 0.2) is 0 Å². The summed E-state index contributed by atoms with van der Waals surface area (Å²) in [6.07, 6.45) is -0.0348. The largest absolute Gasteiger partial charge is 0.388 e. The van der Waals surface area contributed by atoms with Gasteiger partial charge in [-0.1, -0.05) is 30.3 Å². The van der Waals surface area contributed by atoms with Crippen molar-refractivity contribution in [1.82, 2.24) is 4.90 Å². The Morgan fingerprint density at radius 2 is 1.88 bits per heavy atom. The van der Waals surface area contributed by atoms with Gasteiger partial charge in [0.1, 0.15) is 0 Å². The molecule has 4 nitrogen and oxygen atoms in total. The fourth-order valence-corrected chi connectivity index (χ4v) is 2.10. The predicted octanol–water partition coefficient (Wildman–Crippen LogP) is 0.727. The molecular formula is C13H20N2O2. The normalized spacial score (nSPS) is 21.1. The Morgan fingerprint density at radius 1 is 1.24 bits per heavy atom. The number of benzene rings is 1. The molecule has 0 amide bonds. The predicted molar refractivity (Wildman–Crippen MR) is 66.4 cm³/mol. The van der Waals surface area contributed by atoms with Crippen molar-refractivity contribution in [2.75, 3.05) is 26.3 Å². The van der Waals surface area contributed by atoms with Gasteiger partial charge >= 0.3 is 0 Å². The molecular weight excluding hydrogens is 216 g/mol. The van der Waals surface area contributed by atoms with Crippen molar-refractivity contribution < 1.29 is 9.84 Å². The summed E-state index contributed by atoms with van der Waals surface area (Å²) in [6.45, 7) is 3.16. The van der Waals surface area contributed by atoms with Gasteiger partial charge < -0.3 is 15.6 Å². The van der Waals surface area contributed by atoms with Gasteiger partial charge in [-0.05, 0) is 5.56 Å². The second-order valence-corrected chi connectivity index (χ2v) is 4.38. The first kappa shape index (κ1) is 12.5. The van der Waals surface area contributed by atoms with Crippen molar-refractivity contribution in [3.05, 3.63) is 35.9 Å². The maximum Gasteiger partial charge on any atom is 0.0817 e. The van der Waals surface area contributed by atoms with Gasteiger partial charge in [-0.2, -0.15) is 0 Å². The molecule has 1 aromatic carbocycles. The highest BCUT2D eigenvalue weighted by atomic mass is 16.5. The highest BCUT2D eigenvalue weighted by Crippen LogP contribution is 2.18. The summed E-state index contributed by atoms with van der Waals surface area (Å²) >= 11 is 0. The van der Waals surface area contributed by atoms with Crippen LogP contribution < -0.4 is 5.73 Å². The standard InChI is InChI=1S/C13H20N2O2/c14-13(15-6-8-17-9-7-15)10-12(16)11-4-2-1-3-5-11/h1-5,12-13,16H,6-10,14H2. The molecule has 2 unspecified atom stereocenters. The Hall–Kier alpha value is -0.940. The summed E-state index contributed by atoms with van der Waals surface area (Å²) in [5.74, 6) is 0. The van der Waals surface area contributed by atoms with Crippen molar-refractivity contribution in [3.8, 4) is 0 Å². The first-order valence-corrected chi connectivity index (χ1v) is 6.08. The number of morpholine rings is 1. The minimum Gasteiger partial charge on any atom is -0.388 e. The minimum absolute atomic E-state index is 0.103. The molecule has 0 bridgehead atoms. The van der Waals surface area contributed by atoms with Crippen LogP contribution >= 0.6 is 0 Å². The highest BCUT2D eigenvalue weighted by molar-refractivity contribution is 5.17. The van der Waals surface area contributed by atoms with E-state index in [0.717, 1.165) is 31.9 Å². The zero-order valence-corrected chi connectivity index (χ0v) is 9.96. The summed E-state index contributed by atoms with van der Waals surface area (Å²) in [7, 11) is 0. The van der Waals surface area contributed by atoms with Crippen LogP contribution in [0.2, 0.25) is 0 Å². The molecule has 2 rings (SSSR count). The van der Waals surface area contributed by atoms with E-state index in [1.807, 2.05) is 30.3 Å². The van der Waals surface area contributed by atoms with Crippen LogP contribution in [0.25, 0.3) is 0 Å². The Kier molecular flexibility index (Phi) is 4.50. The molecule has 1 aromatic rings. The summed E-state index contributed by atoms with van der Waals surface area (Å²) < 4.78 is 5.28. The second-order valence-electron chi connectivity index (χ2n) is 4.38. The van der Waals surface area contributed by atoms with Gasteiger partial charge in [0.05, 0.1) is 25.5 Å². The maximum atomic E-state index is 10.1. The molecule has 0 aliphatic carbocycles. The van der Waals surface area contributed by atoms with Crippen LogP contribution in [0.5, 0.6) is 0 Å². The Labute approximate surface area is 102 Å². The summed E-state index contributed by atoms with van der Waals surface area (Å²) in [4.78, 5) is 2.16. The number of hydrogen-bond acceptors (Lipinski definition) is 4. The van der Waals surface area contributed by atoms with Crippen LogP contribution in [-0.4, -0.2) is 42.5 Å². The zero-order valence-electron chi connectivity index (χ0n) is 9.96. The number of hydrogen-bond donors (Lipinski definition) is 2. The quantitative estimate of drug-likeness (QED) is 0.809. The minimum atomic E-state index is -0.492. The molecule has 2 atom stereocenters. The molecule has 1 saturated heterocycles. The van der Waals surface area contributed by atoms with Gasteiger partial charge in [0, 0.05) is 19.5 Å². The van der Waals surface area contributed by atoms with Gasteiger partial charge in [-0.15, -0.1) is 0 Å². The average molecular weight is 236 g/mol. The van der Waals surface area contributed by atoms with E-state index in [4.69, 9.17) is 10.5 Å². The van der Waals surface area contributed by atoms with E-state index in [9.17, 15) is 5.11 Å². The Morgan fingerprint density at radius 3 is 2.53 bits per heavy atom. The van der Waals surface area contributed by atoms with E-state index in [2.05, 4.69) is 4.90 Å². The summed E-state index contributed by atoms with van der Waals surface area (Å²) in [5, 5.41) is 10.1. The fourth-order valence-electron chi connectivity index (χ4n) is 2.10. The number of nitrogens with zero attached hydrogens (tertiary/aromatic N) is 1. The van der Waals surface area contributed by atoms with Gasteiger partial charge in [0.2, 0.25) is 0 Å². The highest BCUT2D eigenvalue weighted by Gasteiger charge is 2.20. The summed E-state index contributed by atoms with van der Waals surface area (Å²) in [6, 6.07) is 9.66. The lowest BCUT2D eigenvalue weighted by atomic mass is 10.0. The lowest BCUT2D eigenvalue weighted by Gasteiger charge is -2.33. The van der Waals surface area contributed by atoms with E-state index in [1.165, 1.54) is 0 Å². The number of ether oxygens (including phenoxy) is 1. The van der Waals surface area contributed by atoms with E-state index < -0.39 is 6.10 Å². The first-order valence-electron chi connectivity index (χ1n) is 6.08. The number of rotatable bonds is 4. The van der Waals surface area contributed by atoms with Crippen molar-refractivity contribution >= 4 is 0 Å². The molecule has 1 fully saturated rings. The van der Waals surface area contributed by atoms with E-state index in [-0.39, 0.29) is 6.17 Å². The fraction of sp³-hybridized carbons (Fsp3) is 0.538. The average Bonchev–Trinajstić information content (AvgIpc) is 2.40. The third-order valence-corrected chi connectivity index (χ3v) is 3.16. The second kappa shape index (κ2) is 6.12. The van der Waals surface area contributed by atoms with Crippen molar-refractivity contribution in [1.29, 1.82) is 0 Å². The topological polar surface area (TPSA) is 58.7 Å². The Balaban J connectivity index is 1.87. The lowest BCUT2D eigenvalue weighted by molar-refractivity contribution is 0.00493.